The monoisotopic (exact) mass is 244 g/mol. The van der Waals surface area contributed by atoms with Crippen molar-refractivity contribution in [3.05, 3.63) is 35.4 Å². The van der Waals surface area contributed by atoms with Crippen LogP contribution in [-0.4, -0.2) is 19.9 Å². The van der Waals surface area contributed by atoms with Crippen molar-refractivity contribution >= 4 is 9.84 Å². The van der Waals surface area contributed by atoms with Crippen LogP contribution in [0.5, 0.6) is 0 Å². The molecule has 1 aromatic carbocycles. The normalized spacial score (nSPS) is 17.4. The molecular weight excluding hydrogens is 232 g/mol. The lowest BCUT2D eigenvalue weighted by Crippen LogP contribution is -2.09. The zero-order chi connectivity index (χ0) is 12.1. The average molecular weight is 244 g/mol. The number of hydrogen-bond acceptors (Lipinski definition) is 2. The van der Waals surface area contributed by atoms with E-state index in [1.807, 2.05) is 24.3 Å². The van der Waals surface area contributed by atoms with Gasteiger partial charge in [-0.2, -0.15) is 0 Å². The molecule has 1 aromatic rings. The highest BCUT2D eigenvalue weighted by Gasteiger charge is 2.08. The summed E-state index contributed by atoms with van der Waals surface area (Å²) in [6.07, 6.45) is 1.19. The Morgan fingerprint density at radius 3 is 2.35 bits per heavy atom. The van der Waals surface area contributed by atoms with Crippen molar-refractivity contribution in [2.75, 3.05) is 11.5 Å². The molecule has 86 valence electrons. The first-order valence-corrected chi connectivity index (χ1v) is 7.27. The first-order valence-electron chi connectivity index (χ1n) is 5.45. The molecular formula is C14H12O2S. The van der Waals surface area contributed by atoms with Crippen LogP contribution < -0.4 is 0 Å². The van der Waals surface area contributed by atoms with E-state index in [2.05, 4.69) is 23.7 Å². The third-order valence-electron chi connectivity index (χ3n) is 2.42. The number of benzene rings is 1. The predicted octanol–water partition coefficient (Wildman–Crippen LogP) is 1.60. The van der Waals surface area contributed by atoms with E-state index in [1.54, 1.807) is 0 Å². The number of hydrogen-bond donors (Lipinski definition) is 0. The Morgan fingerprint density at radius 1 is 1.00 bits per heavy atom. The van der Waals surface area contributed by atoms with Gasteiger partial charge in [0.2, 0.25) is 0 Å². The Labute approximate surface area is 102 Å². The molecule has 0 amide bonds. The highest BCUT2D eigenvalue weighted by molar-refractivity contribution is 7.91. The minimum absolute atomic E-state index is 0.0681. The van der Waals surface area contributed by atoms with E-state index in [9.17, 15) is 8.42 Å². The fourth-order valence-corrected chi connectivity index (χ4v) is 2.57. The van der Waals surface area contributed by atoms with Gasteiger partial charge in [-0.05, 0) is 18.6 Å². The van der Waals surface area contributed by atoms with Crippen LogP contribution in [0.1, 0.15) is 24.0 Å². The van der Waals surface area contributed by atoms with Crippen molar-refractivity contribution in [1.82, 2.24) is 0 Å². The smallest absolute Gasteiger partial charge is 0.161 e. The van der Waals surface area contributed by atoms with E-state index in [0.717, 1.165) is 11.1 Å². The summed E-state index contributed by atoms with van der Waals surface area (Å²) in [5.41, 5.74) is 1.68. The third-order valence-corrected chi connectivity index (χ3v) is 3.92. The topological polar surface area (TPSA) is 34.1 Å². The summed E-state index contributed by atoms with van der Waals surface area (Å²) >= 11 is 0. The van der Waals surface area contributed by atoms with E-state index in [4.69, 9.17) is 0 Å². The summed E-state index contributed by atoms with van der Waals surface area (Å²) in [6.45, 7) is 0. The van der Waals surface area contributed by atoms with Crippen molar-refractivity contribution in [1.29, 1.82) is 0 Å². The van der Waals surface area contributed by atoms with Crippen LogP contribution in [0.15, 0.2) is 24.3 Å². The predicted molar refractivity (Wildman–Crippen MR) is 68.1 cm³/mol. The average Bonchev–Trinajstić information content (AvgIpc) is 2.32. The van der Waals surface area contributed by atoms with Gasteiger partial charge in [-0.1, -0.05) is 35.8 Å². The Morgan fingerprint density at radius 2 is 1.65 bits per heavy atom. The van der Waals surface area contributed by atoms with E-state index in [1.165, 1.54) is 0 Å². The van der Waals surface area contributed by atoms with Gasteiger partial charge in [0.15, 0.2) is 9.84 Å². The lowest BCUT2D eigenvalue weighted by atomic mass is 10.1. The van der Waals surface area contributed by atoms with E-state index in [0.29, 0.717) is 12.8 Å². The summed E-state index contributed by atoms with van der Waals surface area (Å²) in [5.74, 6) is 11.7. The molecule has 0 spiro atoms. The Balaban J connectivity index is 2.42. The molecule has 0 saturated heterocycles. The molecule has 2 nitrogen and oxygen atoms in total. The number of rotatable bonds is 0. The maximum atomic E-state index is 11.6. The van der Waals surface area contributed by atoms with Crippen molar-refractivity contribution in [2.24, 2.45) is 0 Å². The summed E-state index contributed by atoms with van der Waals surface area (Å²) in [5, 5.41) is 0. The third kappa shape index (κ3) is 3.37. The number of sulfone groups is 1. The standard InChI is InChI=1S/C14H12O2S/c15-17(16)11-5-1-2-7-13-8-3-4-9-14(13)10-6-12-17/h3-4,8-9H,1,5,11-12H2. The Hall–Kier alpha value is -1.71. The van der Waals surface area contributed by atoms with Crippen molar-refractivity contribution in [2.45, 2.75) is 12.8 Å². The fourth-order valence-electron chi connectivity index (χ4n) is 1.55. The molecule has 1 aliphatic heterocycles. The summed E-state index contributed by atoms with van der Waals surface area (Å²) in [6, 6.07) is 7.56. The summed E-state index contributed by atoms with van der Waals surface area (Å²) < 4.78 is 23.1. The van der Waals surface area contributed by atoms with Crippen LogP contribution in [0, 0.1) is 23.7 Å². The van der Waals surface area contributed by atoms with Crippen LogP contribution in [0.2, 0.25) is 0 Å². The van der Waals surface area contributed by atoms with Gasteiger partial charge in [0, 0.05) is 17.5 Å². The first-order chi connectivity index (χ1) is 8.17. The van der Waals surface area contributed by atoms with E-state index in [-0.39, 0.29) is 11.5 Å². The zero-order valence-electron chi connectivity index (χ0n) is 9.36. The highest BCUT2D eigenvalue weighted by atomic mass is 32.2. The van der Waals surface area contributed by atoms with Crippen molar-refractivity contribution in [3.63, 3.8) is 0 Å². The van der Waals surface area contributed by atoms with Gasteiger partial charge in [0.1, 0.15) is 5.75 Å². The fraction of sp³-hybridized carbons (Fsp3) is 0.286. The van der Waals surface area contributed by atoms with Crippen LogP contribution in [0.4, 0.5) is 0 Å². The molecule has 0 atom stereocenters. The second kappa shape index (κ2) is 5.08. The van der Waals surface area contributed by atoms with Crippen molar-refractivity contribution < 1.29 is 8.42 Å². The van der Waals surface area contributed by atoms with E-state index < -0.39 is 9.84 Å². The summed E-state index contributed by atoms with van der Waals surface area (Å²) in [4.78, 5) is 0. The molecule has 1 aliphatic rings. The van der Waals surface area contributed by atoms with E-state index >= 15 is 0 Å². The van der Waals surface area contributed by atoms with Gasteiger partial charge >= 0.3 is 0 Å². The van der Waals surface area contributed by atoms with Gasteiger partial charge < -0.3 is 0 Å². The molecule has 0 N–H and O–H groups in total. The van der Waals surface area contributed by atoms with Gasteiger partial charge in [-0.3, -0.25) is 0 Å². The molecule has 0 bridgehead atoms. The molecule has 3 heteroatoms. The molecule has 0 radical (unpaired) electrons. The molecule has 1 heterocycles. The first kappa shape index (κ1) is 11.8. The molecule has 2 rings (SSSR count). The minimum atomic E-state index is -3.04. The van der Waals surface area contributed by atoms with Crippen LogP contribution in [0.25, 0.3) is 0 Å². The van der Waals surface area contributed by atoms with Gasteiger partial charge in [-0.15, -0.1) is 0 Å². The lowest BCUT2D eigenvalue weighted by Gasteiger charge is -1.96. The zero-order valence-corrected chi connectivity index (χ0v) is 10.2. The number of fused-ring (bicyclic) bond motifs is 1. The van der Waals surface area contributed by atoms with Crippen molar-refractivity contribution in [3.8, 4) is 23.7 Å². The molecule has 0 unspecified atom stereocenters. The van der Waals surface area contributed by atoms with Crippen LogP contribution in [-0.2, 0) is 9.84 Å². The van der Waals surface area contributed by atoms with Crippen LogP contribution in [0.3, 0.4) is 0 Å². The Bertz CT molecular complexity index is 634. The summed E-state index contributed by atoms with van der Waals surface area (Å²) in [7, 11) is -3.04. The van der Waals surface area contributed by atoms with Gasteiger partial charge in [0.05, 0.1) is 5.75 Å². The highest BCUT2D eigenvalue weighted by Crippen LogP contribution is 2.07. The molecule has 0 aliphatic carbocycles. The second-order valence-electron chi connectivity index (χ2n) is 3.84. The van der Waals surface area contributed by atoms with Crippen LogP contribution >= 0.6 is 0 Å². The maximum absolute atomic E-state index is 11.6. The lowest BCUT2D eigenvalue weighted by molar-refractivity contribution is 0.597. The SMILES string of the molecule is O=S1(=O)CC#Cc2ccccc2C#CCCC1. The molecule has 17 heavy (non-hydrogen) atoms. The quantitative estimate of drug-likeness (QED) is 0.650. The largest absolute Gasteiger partial charge is 0.228 e. The van der Waals surface area contributed by atoms with Gasteiger partial charge in [-0.25, -0.2) is 8.42 Å². The molecule has 0 saturated carbocycles. The molecule has 0 fully saturated rings. The second-order valence-corrected chi connectivity index (χ2v) is 6.03. The maximum Gasteiger partial charge on any atom is 0.161 e. The molecule has 0 aromatic heterocycles. The van der Waals surface area contributed by atoms with Gasteiger partial charge in [0.25, 0.3) is 0 Å². The Kier molecular flexibility index (Phi) is 3.52. The minimum Gasteiger partial charge on any atom is -0.228 e.